The summed E-state index contributed by atoms with van der Waals surface area (Å²) >= 11 is 0. The minimum atomic E-state index is -4.05. The zero-order valence-corrected chi connectivity index (χ0v) is 24.0. The van der Waals surface area contributed by atoms with Crippen LogP contribution in [0.25, 0.3) is 0 Å². The molecule has 208 valence electrons. The molecule has 8 heteroatoms. The Kier molecular flexibility index (Phi) is 10.7. The van der Waals surface area contributed by atoms with E-state index < -0.39 is 28.5 Å². The fourth-order valence-electron chi connectivity index (χ4n) is 4.18. The van der Waals surface area contributed by atoms with Gasteiger partial charge in [0, 0.05) is 12.6 Å². The van der Waals surface area contributed by atoms with Crippen LogP contribution < -0.4 is 9.62 Å². The Morgan fingerprint density at radius 1 is 0.821 bits per heavy atom. The minimum absolute atomic E-state index is 0.0435. The molecule has 0 heterocycles. The van der Waals surface area contributed by atoms with Crippen LogP contribution in [0.2, 0.25) is 0 Å². The van der Waals surface area contributed by atoms with Gasteiger partial charge in [-0.1, -0.05) is 74.5 Å². The van der Waals surface area contributed by atoms with Gasteiger partial charge in [-0.2, -0.15) is 0 Å². The van der Waals surface area contributed by atoms with E-state index in [0.29, 0.717) is 12.1 Å². The second-order valence-electron chi connectivity index (χ2n) is 9.66. The molecule has 0 aliphatic carbocycles. The maximum absolute atomic E-state index is 13.9. The molecule has 3 aromatic carbocycles. The molecule has 0 fully saturated rings. The lowest BCUT2D eigenvalue weighted by molar-refractivity contribution is -0.139. The Labute approximate surface area is 232 Å². The molecule has 0 radical (unpaired) electrons. The third-order valence-electron chi connectivity index (χ3n) is 6.90. The summed E-state index contributed by atoms with van der Waals surface area (Å²) < 4.78 is 28.7. The number of carbonyl (C=O) groups is 2. The first kappa shape index (κ1) is 29.9. The fraction of sp³-hybridized carbons (Fsp3) is 0.355. The van der Waals surface area contributed by atoms with E-state index in [1.54, 1.807) is 37.3 Å². The summed E-state index contributed by atoms with van der Waals surface area (Å²) in [6.07, 6.45) is 2.10. The number of benzene rings is 3. The first-order valence-corrected chi connectivity index (χ1v) is 14.9. The van der Waals surface area contributed by atoms with Crippen molar-refractivity contribution in [3.05, 3.63) is 96.1 Å². The van der Waals surface area contributed by atoms with Crippen molar-refractivity contribution >= 4 is 27.5 Å². The van der Waals surface area contributed by atoms with Gasteiger partial charge in [0.05, 0.1) is 10.6 Å². The van der Waals surface area contributed by atoms with Crippen molar-refractivity contribution in [1.82, 2.24) is 10.2 Å². The van der Waals surface area contributed by atoms with Crippen molar-refractivity contribution < 1.29 is 18.0 Å². The first-order valence-electron chi connectivity index (χ1n) is 13.5. The smallest absolute Gasteiger partial charge is 0.264 e. The summed E-state index contributed by atoms with van der Waals surface area (Å²) in [5.74, 6) is -0.715. The Bertz CT molecular complexity index is 1310. The average molecular weight is 550 g/mol. The molecule has 39 heavy (non-hydrogen) atoms. The van der Waals surface area contributed by atoms with E-state index in [4.69, 9.17) is 0 Å². The number of rotatable bonds is 13. The predicted octanol–water partition coefficient (Wildman–Crippen LogP) is 4.82. The molecule has 0 bridgehead atoms. The molecule has 7 nitrogen and oxygen atoms in total. The lowest BCUT2D eigenvalue weighted by Crippen LogP contribution is -2.53. The van der Waals surface area contributed by atoms with Crippen molar-refractivity contribution in [2.24, 2.45) is 0 Å². The van der Waals surface area contributed by atoms with Gasteiger partial charge in [-0.25, -0.2) is 8.42 Å². The minimum Gasteiger partial charge on any atom is -0.352 e. The summed E-state index contributed by atoms with van der Waals surface area (Å²) in [5, 5.41) is 2.95. The average Bonchev–Trinajstić information content (AvgIpc) is 2.96. The number of nitrogens with one attached hydrogen (secondary N) is 1. The van der Waals surface area contributed by atoms with Crippen molar-refractivity contribution in [1.29, 1.82) is 0 Å². The van der Waals surface area contributed by atoms with Crippen molar-refractivity contribution in [3.8, 4) is 0 Å². The van der Waals surface area contributed by atoms with E-state index in [0.717, 1.165) is 28.3 Å². The third-order valence-corrected chi connectivity index (χ3v) is 8.68. The Balaban J connectivity index is 1.96. The molecule has 0 saturated heterocycles. The highest BCUT2D eigenvalue weighted by Crippen LogP contribution is 2.25. The number of carbonyl (C=O) groups excluding carboxylic acids is 2. The highest BCUT2D eigenvalue weighted by molar-refractivity contribution is 7.92. The maximum Gasteiger partial charge on any atom is 0.264 e. The van der Waals surface area contributed by atoms with Gasteiger partial charge in [-0.05, 0) is 68.5 Å². The van der Waals surface area contributed by atoms with Gasteiger partial charge in [0.25, 0.3) is 10.0 Å². The molecule has 2 amide bonds. The van der Waals surface area contributed by atoms with Gasteiger partial charge >= 0.3 is 0 Å². The van der Waals surface area contributed by atoms with E-state index in [1.807, 2.05) is 63.2 Å². The second kappa shape index (κ2) is 13.9. The molecular formula is C31H39N3O4S. The van der Waals surface area contributed by atoms with Crippen LogP contribution >= 0.6 is 0 Å². The first-order chi connectivity index (χ1) is 18.7. The molecule has 0 spiro atoms. The monoisotopic (exact) mass is 549 g/mol. The van der Waals surface area contributed by atoms with E-state index in [9.17, 15) is 18.0 Å². The molecule has 0 aliphatic rings. The normalized spacial score (nSPS) is 12.8. The summed E-state index contributed by atoms with van der Waals surface area (Å²) in [6, 6.07) is 24.1. The Morgan fingerprint density at radius 2 is 1.41 bits per heavy atom. The number of sulfonamides is 1. The molecule has 0 saturated carbocycles. The number of aryl methyl sites for hydroxylation is 1. The van der Waals surface area contributed by atoms with Gasteiger partial charge in [-0.3, -0.25) is 13.9 Å². The molecule has 3 aromatic rings. The predicted molar refractivity (Wildman–Crippen MR) is 156 cm³/mol. The van der Waals surface area contributed by atoms with Crippen LogP contribution in [0.1, 0.15) is 45.2 Å². The van der Waals surface area contributed by atoms with Crippen LogP contribution in [0.3, 0.4) is 0 Å². The zero-order chi connectivity index (χ0) is 28.4. The van der Waals surface area contributed by atoms with Crippen LogP contribution in [-0.4, -0.2) is 50.3 Å². The Hall–Kier alpha value is -3.65. The summed E-state index contributed by atoms with van der Waals surface area (Å²) in [5.41, 5.74) is 2.47. The van der Waals surface area contributed by atoms with Crippen molar-refractivity contribution in [2.45, 2.75) is 63.9 Å². The standard InChI is InChI=1S/C31H39N3O4S/c1-5-24(3)32-31(36)25(4)33(22-21-27-13-9-7-10-14-27)30(35)23-34(28-19-17-26(6-2)18-20-28)39(37,38)29-15-11-8-12-16-29/h7-20,24-25H,5-6,21-23H2,1-4H3,(H,32,36)/t24-,25+/m1/s1. The van der Waals surface area contributed by atoms with E-state index in [2.05, 4.69) is 5.32 Å². The third kappa shape index (κ3) is 7.93. The van der Waals surface area contributed by atoms with Gasteiger partial charge in [0.15, 0.2) is 0 Å². The number of nitrogens with zero attached hydrogens (tertiary/aromatic N) is 2. The summed E-state index contributed by atoms with van der Waals surface area (Å²) in [4.78, 5) is 28.5. The molecule has 1 N–H and O–H groups in total. The molecule has 2 atom stereocenters. The van der Waals surface area contributed by atoms with E-state index >= 15 is 0 Å². The van der Waals surface area contributed by atoms with Crippen LogP contribution in [0, 0.1) is 0 Å². The van der Waals surface area contributed by atoms with Gasteiger partial charge in [0.2, 0.25) is 11.8 Å². The number of amides is 2. The van der Waals surface area contributed by atoms with Gasteiger partial charge in [-0.15, -0.1) is 0 Å². The Morgan fingerprint density at radius 3 is 1.97 bits per heavy atom. The topological polar surface area (TPSA) is 86.8 Å². The molecule has 0 aliphatic heterocycles. The van der Waals surface area contributed by atoms with Crippen LogP contribution in [0.4, 0.5) is 5.69 Å². The molecule has 0 aromatic heterocycles. The van der Waals surface area contributed by atoms with Crippen LogP contribution in [-0.2, 0) is 32.5 Å². The molecule has 0 unspecified atom stereocenters. The SMILES string of the molecule is CCc1ccc(N(CC(=O)N(CCc2ccccc2)[C@@H](C)C(=O)N[C@H](C)CC)S(=O)(=O)c2ccccc2)cc1. The molecular weight excluding hydrogens is 510 g/mol. The second-order valence-corrected chi connectivity index (χ2v) is 11.5. The number of anilines is 1. The number of hydrogen-bond acceptors (Lipinski definition) is 4. The largest absolute Gasteiger partial charge is 0.352 e. The number of hydrogen-bond donors (Lipinski definition) is 1. The highest BCUT2D eigenvalue weighted by Gasteiger charge is 2.32. The fourth-order valence-corrected chi connectivity index (χ4v) is 5.62. The quantitative estimate of drug-likeness (QED) is 0.331. The van der Waals surface area contributed by atoms with E-state index in [1.165, 1.54) is 17.0 Å². The highest BCUT2D eigenvalue weighted by atomic mass is 32.2. The van der Waals surface area contributed by atoms with Crippen molar-refractivity contribution in [2.75, 3.05) is 17.4 Å². The van der Waals surface area contributed by atoms with Crippen LogP contribution in [0.5, 0.6) is 0 Å². The van der Waals surface area contributed by atoms with Gasteiger partial charge < -0.3 is 10.2 Å². The van der Waals surface area contributed by atoms with Gasteiger partial charge in [0.1, 0.15) is 12.6 Å². The lowest BCUT2D eigenvalue weighted by atomic mass is 10.1. The van der Waals surface area contributed by atoms with Crippen LogP contribution in [0.15, 0.2) is 89.8 Å². The van der Waals surface area contributed by atoms with E-state index in [-0.39, 0.29) is 23.4 Å². The summed E-state index contributed by atoms with van der Waals surface area (Å²) in [7, 11) is -4.05. The van der Waals surface area contributed by atoms with Crippen molar-refractivity contribution in [3.63, 3.8) is 0 Å². The summed E-state index contributed by atoms with van der Waals surface area (Å²) in [6.45, 7) is 7.43. The lowest BCUT2D eigenvalue weighted by Gasteiger charge is -2.32. The molecule has 3 rings (SSSR count). The zero-order valence-electron chi connectivity index (χ0n) is 23.2. The maximum atomic E-state index is 13.9.